The van der Waals surface area contributed by atoms with E-state index < -0.39 is 0 Å². The van der Waals surface area contributed by atoms with Crippen molar-refractivity contribution < 1.29 is 0 Å². The molecule has 1 aliphatic heterocycles. The first kappa shape index (κ1) is 13.5. The van der Waals surface area contributed by atoms with Crippen LogP contribution in [-0.4, -0.2) is 31.1 Å². The largest absolute Gasteiger partial charge is 0.314 e. The standard InChI is InChI=1S/C13H21BrN2S/c1-9(2)15-7-10-4-5-16(3)13(10)12-6-11(14)8-17-12/h6,8-10,13,15H,4-5,7H2,1-3H3. The third-order valence-electron chi connectivity index (χ3n) is 3.44. The Morgan fingerprint density at radius 1 is 1.59 bits per heavy atom. The van der Waals surface area contributed by atoms with E-state index in [1.54, 1.807) is 0 Å². The lowest BCUT2D eigenvalue weighted by atomic mass is 9.99. The summed E-state index contributed by atoms with van der Waals surface area (Å²) in [5, 5.41) is 5.77. The Balaban J connectivity index is 2.06. The van der Waals surface area contributed by atoms with Crippen LogP contribution in [0.15, 0.2) is 15.9 Å². The molecule has 1 N–H and O–H groups in total. The van der Waals surface area contributed by atoms with E-state index >= 15 is 0 Å². The molecule has 1 aliphatic rings. The fourth-order valence-corrected chi connectivity index (χ4v) is 4.26. The Labute approximate surface area is 117 Å². The minimum atomic E-state index is 0.580. The van der Waals surface area contributed by atoms with Gasteiger partial charge in [0.2, 0.25) is 0 Å². The van der Waals surface area contributed by atoms with Gasteiger partial charge in [-0.15, -0.1) is 11.3 Å². The summed E-state index contributed by atoms with van der Waals surface area (Å²) in [5.74, 6) is 0.743. The minimum absolute atomic E-state index is 0.580. The van der Waals surface area contributed by atoms with Gasteiger partial charge in [-0.25, -0.2) is 0 Å². The van der Waals surface area contributed by atoms with Crippen LogP contribution >= 0.6 is 27.3 Å². The number of hydrogen-bond acceptors (Lipinski definition) is 3. The number of halogens is 1. The topological polar surface area (TPSA) is 15.3 Å². The molecule has 4 heteroatoms. The van der Waals surface area contributed by atoms with Crippen molar-refractivity contribution >= 4 is 27.3 Å². The van der Waals surface area contributed by atoms with Gasteiger partial charge < -0.3 is 5.32 Å². The van der Waals surface area contributed by atoms with Gasteiger partial charge in [-0.3, -0.25) is 4.90 Å². The molecule has 0 aliphatic carbocycles. The Morgan fingerprint density at radius 2 is 2.35 bits per heavy atom. The summed E-state index contributed by atoms with van der Waals surface area (Å²) in [6.07, 6.45) is 1.30. The van der Waals surface area contributed by atoms with Gasteiger partial charge in [0, 0.05) is 33.4 Å². The van der Waals surface area contributed by atoms with E-state index in [2.05, 4.69) is 58.5 Å². The van der Waals surface area contributed by atoms with Crippen molar-refractivity contribution in [2.24, 2.45) is 5.92 Å². The molecule has 1 fully saturated rings. The summed E-state index contributed by atoms with van der Waals surface area (Å²) in [6.45, 7) is 6.78. The molecule has 1 aromatic heterocycles. The van der Waals surface area contributed by atoms with Crippen molar-refractivity contribution in [2.75, 3.05) is 20.1 Å². The molecule has 0 saturated carbocycles. The fraction of sp³-hybridized carbons (Fsp3) is 0.692. The predicted molar refractivity (Wildman–Crippen MR) is 78.6 cm³/mol. The highest BCUT2D eigenvalue weighted by atomic mass is 79.9. The van der Waals surface area contributed by atoms with E-state index in [9.17, 15) is 0 Å². The fourth-order valence-electron chi connectivity index (χ4n) is 2.56. The zero-order chi connectivity index (χ0) is 12.4. The summed E-state index contributed by atoms with van der Waals surface area (Å²) < 4.78 is 1.22. The van der Waals surface area contributed by atoms with Crippen molar-refractivity contribution in [2.45, 2.75) is 32.4 Å². The van der Waals surface area contributed by atoms with Crippen LogP contribution < -0.4 is 5.32 Å². The van der Waals surface area contributed by atoms with Crippen LogP contribution in [0, 0.1) is 5.92 Å². The molecule has 2 rings (SSSR count). The van der Waals surface area contributed by atoms with Gasteiger partial charge in [-0.2, -0.15) is 0 Å². The number of likely N-dealkylation sites (tertiary alicyclic amines) is 1. The quantitative estimate of drug-likeness (QED) is 0.914. The van der Waals surface area contributed by atoms with Gasteiger partial charge in [-0.05, 0) is 47.9 Å². The lowest BCUT2D eigenvalue weighted by Crippen LogP contribution is -2.31. The Kier molecular flexibility index (Phi) is 4.64. The average molecular weight is 317 g/mol. The van der Waals surface area contributed by atoms with Gasteiger partial charge >= 0.3 is 0 Å². The number of thiophene rings is 1. The van der Waals surface area contributed by atoms with E-state index in [0.29, 0.717) is 12.1 Å². The molecule has 1 aromatic rings. The summed E-state index contributed by atoms with van der Waals surface area (Å²) in [5.41, 5.74) is 0. The van der Waals surface area contributed by atoms with Gasteiger partial charge in [-0.1, -0.05) is 13.8 Å². The van der Waals surface area contributed by atoms with Gasteiger partial charge in [0.15, 0.2) is 0 Å². The molecule has 0 bridgehead atoms. The molecule has 2 atom stereocenters. The minimum Gasteiger partial charge on any atom is -0.314 e. The summed E-state index contributed by atoms with van der Waals surface area (Å²) in [7, 11) is 2.24. The van der Waals surface area contributed by atoms with Crippen LogP contribution in [0.2, 0.25) is 0 Å². The first-order chi connectivity index (χ1) is 8.08. The predicted octanol–water partition coefficient (Wildman–Crippen LogP) is 3.50. The normalized spacial score (nSPS) is 25.9. The highest BCUT2D eigenvalue weighted by molar-refractivity contribution is 9.10. The van der Waals surface area contributed by atoms with Crippen molar-refractivity contribution in [1.29, 1.82) is 0 Å². The van der Waals surface area contributed by atoms with E-state index in [0.717, 1.165) is 12.5 Å². The molecule has 17 heavy (non-hydrogen) atoms. The second-order valence-corrected chi connectivity index (χ2v) is 7.06. The molecule has 2 nitrogen and oxygen atoms in total. The van der Waals surface area contributed by atoms with Gasteiger partial charge in [0.25, 0.3) is 0 Å². The van der Waals surface area contributed by atoms with Crippen molar-refractivity contribution in [3.63, 3.8) is 0 Å². The van der Waals surface area contributed by atoms with Crippen LogP contribution in [0.5, 0.6) is 0 Å². The van der Waals surface area contributed by atoms with E-state index in [4.69, 9.17) is 0 Å². The lowest BCUT2D eigenvalue weighted by Gasteiger charge is -2.25. The number of rotatable bonds is 4. The Bertz CT molecular complexity index is 364. The smallest absolute Gasteiger partial charge is 0.0479 e. The number of nitrogens with one attached hydrogen (secondary N) is 1. The van der Waals surface area contributed by atoms with Crippen LogP contribution in [0.3, 0.4) is 0 Å². The molecule has 2 heterocycles. The van der Waals surface area contributed by atoms with Crippen molar-refractivity contribution in [3.8, 4) is 0 Å². The highest BCUT2D eigenvalue weighted by Crippen LogP contribution is 2.39. The van der Waals surface area contributed by atoms with E-state index in [1.807, 2.05) is 11.3 Å². The second-order valence-electron chi connectivity index (χ2n) is 5.20. The third-order valence-corrected chi connectivity index (χ3v) is 5.21. The SMILES string of the molecule is CC(C)NCC1CCN(C)C1c1cc(Br)cs1. The number of hydrogen-bond donors (Lipinski definition) is 1. The molecular formula is C13H21BrN2S. The molecule has 0 radical (unpaired) electrons. The highest BCUT2D eigenvalue weighted by Gasteiger charge is 2.33. The number of nitrogens with zero attached hydrogens (tertiary/aromatic N) is 1. The molecule has 2 unspecified atom stereocenters. The van der Waals surface area contributed by atoms with Gasteiger partial charge in [0.05, 0.1) is 0 Å². The van der Waals surface area contributed by atoms with E-state index in [1.165, 1.54) is 22.3 Å². The maximum atomic E-state index is 3.58. The van der Waals surface area contributed by atoms with Crippen LogP contribution in [0.4, 0.5) is 0 Å². The van der Waals surface area contributed by atoms with Crippen molar-refractivity contribution in [1.82, 2.24) is 10.2 Å². The molecule has 0 aromatic carbocycles. The molecule has 0 amide bonds. The van der Waals surface area contributed by atoms with Crippen LogP contribution in [-0.2, 0) is 0 Å². The average Bonchev–Trinajstić information content (AvgIpc) is 2.82. The maximum Gasteiger partial charge on any atom is 0.0479 e. The second kappa shape index (κ2) is 5.83. The summed E-state index contributed by atoms with van der Waals surface area (Å²) >= 11 is 5.43. The summed E-state index contributed by atoms with van der Waals surface area (Å²) in [4.78, 5) is 3.98. The molecule has 1 saturated heterocycles. The first-order valence-corrected chi connectivity index (χ1v) is 7.92. The van der Waals surface area contributed by atoms with Crippen molar-refractivity contribution in [3.05, 3.63) is 20.8 Å². The Morgan fingerprint density at radius 3 is 2.94 bits per heavy atom. The zero-order valence-electron chi connectivity index (χ0n) is 10.7. The summed E-state index contributed by atoms with van der Waals surface area (Å²) in [6, 6.07) is 3.45. The third kappa shape index (κ3) is 3.31. The van der Waals surface area contributed by atoms with Gasteiger partial charge in [0.1, 0.15) is 0 Å². The maximum absolute atomic E-state index is 3.58. The van der Waals surface area contributed by atoms with Crippen LogP contribution in [0.25, 0.3) is 0 Å². The van der Waals surface area contributed by atoms with Crippen LogP contribution in [0.1, 0.15) is 31.2 Å². The molecule has 0 spiro atoms. The molecular weight excluding hydrogens is 296 g/mol. The Hall–Kier alpha value is 0.1000. The first-order valence-electron chi connectivity index (χ1n) is 6.25. The molecule has 96 valence electrons. The van der Waals surface area contributed by atoms with E-state index in [-0.39, 0.29) is 0 Å². The zero-order valence-corrected chi connectivity index (χ0v) is 13.1. The monoisotopic (exact) mass is 316 g/mol. The lowest BCUT2D eigenvalue weighted by molar-refractivity contribution is 0.273.